The smallest absolute Gasteiger partial charge is 0.314 e. The van der Waals surface area contributed by atoms with Gasteiger partial charge >= 0.3 is 5.97 Å². The highest BCUT2D eigenvalue weighted by atomic mass is 16.7. The summed E-state index contributed by atoms with van der Waals surface area (Å²) >= 11 is 0. The third-order valence-electron chi connectivity index (χ3n) is 2.56. The summed E-state index contributed by atoms with van der Waals surface area (Å²) in [4.78, 5) is 11.0. The molecule has 0 aromatic carbocycles. The Kier molecular flexibility index (Phi) is 2.90. The molecule has 13 heavy (non-hydrogen) atoms. The van der Waals surface area contributed by atoms with Gasteiger partial charge in [-0.05, 0) is 12.8 Å². The van der Waals surface area contributed by atoms with Crippen molar-refractivity contribution in [3.63, 3.8) is 0 Å². The van der Waals surface area contributed by atoms with Crippen LogP contribution in [0.2, 0.25) is 0 Å². The molecule has 1 saturated carbocycles. The Hall–Kier alpha value is -0.650. The lowest BCUT2D eigenvalue weighted by molar-refractivity contribution is -0.220. The van der Waals surface area contributed by atoms with Crippen molar-refractivity contribution in [3.8, 4) is 0 Å². The topological polar surface area (TPSA) is 81.8 Å². The number of aliphatic carboxylic acids is 1. The molecule has 1 rings (SSSR count). The highest BCUT2D eigenvalue weighted by Gasteiger charge is 2.55. The van der Waals surface area contributed by atoms with E-state index in [1.807, 2.05) is 0 Å². The minimum Gasteiger partial charge on any atom is -0.481 e. The molecule has 0 spiro atoms. The van der Waals surface area contributed by atoms with Gasteiger partial charge in [-0.15, -0.1) is 0 Å². The van der Waals surface area contributed by atoms with Crippen molar-refractivity contribution in [1.82, 2.24) is 0 Å². The molecule has 0 aliphatic heterocycles. The third kappa shape index (κ3) is 1.54. The van der Waals surface area contributed by atoms with Crippen molar-refractivity contribution >= 4 is 5.97 Å². The zero-order chi connectivity index (χ0) is 10.1. The third-order valence-corrected chi connectivity index (χ3v) is 2.56. The Morgan fingerprint density at radius 1 is 1.54 bits per heavy atom. The highest BCUT2D eigenvalue weighted by Crippen LogP contribution is 2.44. The molecule has 3 N–H and O–H groups in total. The number of nitrogens with two attached hydrogens (primary N) is 1. The molecule has 0 unspecified atom stereocenters. The molecule has 1 aliphatic rings. The zero-order valence-corrected chi connectivity index (χ0v) is 7.82. The number of ether oxygens (including phenoxy) is 2. The van der Waals surface area contributed by atoms with E-state index in [0.717, 1.165) is 0 Å². The van der Waals surface area contributed by atoms with Crippen molar-refractivity contribution in [2.45, 2.75) is 25.2 Å². The van der Waals surface area contributed by atoms with Gasteiger partial charge in [0.1, 0.15) is 5.41 Å². The van der Waals surface area contributed by atoms with Crippen LogP contribution in [-0.2, 0) is 14.3 Å². The standard InChI is InChI=1S/C8H15NO4/c1-12-7(13-2)8(6(10)11)3-5(9)4-8/h5,7H,3-4,9H2,1-2H3,(H,10,11). The molecular weight excluding hydrogens is 174 g/mol. The van der Waals surface area contributed by atoms with Crippen molar-refractivity contribution in [3.05, 3.63) is 0 Å². The quantitative estimate of drug-likeness (QED) is 0.598. The second-order valence-electron chi connectivity index (χ2n) is 3.43. The van der Waals surface area contributed by atoms with Crippen LogP contribution in [0.15, 0.2) is 0 Å². The largest absolute Gasteiger partial charge is 0.481 e. The van der Waals surface area contributed by atoms with Crippen molar-refractivity contribution in [1.29, 1.82) is 0 Å². The number of carboxylic acid groups (broad SMARTS) is 1. The molecule has 0 radical (unpaired) electrons. The summed E-state index contributed by atoms with van der Waals surface area (Å²) in [7, 11) is 2.87. The van der Waals surface area contributed by atoms with E-state index >= 15 is 0 Å². The maximum Gasteiger partial charge on any atom is 0.314 e. The number of methoxy groups -OCH3 is 2. The first kappa shape index (κ1) is 10.4. The van der Waals surface area contributed by atoms with Gasteiger partial charge in [0.2, 0.25) is 0 Å². The summed E-state index contributed by atoms with van der Waals surface area (Å²) in [6.07, 6.45) is 0.119. The zero-order valence-electron chi connectivity index (χ0n) is 7.82. The van der Waals surface area contributed by atoms with Crippen LogP contribution >= 0.6 is 0 Å². The minimum atomic E-state index is -0.942. The van der Waals surface area contributed by atoms with Crippen molar-refractivity contribution in [2.24, 2.45) is 11.1 Å². The highest BCUT2D eigenvalue weighted by molar-refractivity contribution is 5.76. The SMILES string of the molecule is COC(OC)C1(C(=O)O)CC(N)C1. The van der Waals surface area contributed by atoms with E-state index in [4.69, 9.17) is 20.3 Å². The van der Waals surface area contributed by atoms with Crippen LogP contribution in [0.4, 0.5) is 0 Å². The van der Waals surface area contributed by atoms with Crippen LogP contribution in [0.25, 0.3) is 0 Å². The Labute approximate surface area is 76.8 Å². The maximum absolute atomic E-state index is 11.0. The first-order valence-electron chi connectivity index (χ1n) is 4.11. The Morgan fingerprint density at radius 2 is 2.00 bits per heavy atom. The van der Waals surface area contributed by atoms with Crippen LogP contribution in [0, 0.1) is 5.41 Å². The molecule has 1 aliphatic carbocycles. The number of rotatable bonds is 4. The van der Waals surface area contributed by atoms with Gasteiger partial charge in [-0.2, -0.15) is 0 Å². The summed E-state index contributed by atoms with van der Waals surface area (Å²) in [5.41, 5.74) is 4.62. The van der Waals surface area contributed by atoms with E-state index in [0.29, 0.717) is 12.8 Å². The number of hydrogen-bond acceptors (Lipinski definition) is 4. The van der Waals surface area contributed by atoms with Gasteiger partial charge in [0, 0.05) is 20.3 Å². The molecule has 0 bridgehead atoms. The summed E-state index contributed by atoms with van der Waals surface area (Å²) in [5, 5.41) is 9.02. The lowest BCUT2D eigenvalue weighted by atomic mass is 9.65. The van der Waals surface area contributed by atoms with Crippen molar-refractivity contribution in [2.75, 3.05) is 14.2 Å². The normalized spacial score (nSPS) is 33.1. The minimum absolute atomic E-state index is 0.0519. The van der Waals surface area contributed by atoms with Gasteiger partial charge in [0.05, 0.1) is 0 Å². The van der Waals surface area contributed by atoms with E-state index in [9.17, 15) is 4.79 Å². The van der Waals surface area contributed by atoms with Gasteiger partial charge in [0.15, 0.2) is 6.29 Å². The van der Waals surface area contributed by atoms with Gasteiger partial charge in [-0.25, -0.2) is 0 Å². The fourth-order valence-corrected chi connectivity index (χ4v) is 1.89. The monoisotopic (exact) mass is 189 g/mol. The van der Waals surface area contributed by atoms with Gasteiger partial charge in [0.25, 0.3) is 0 Å². The van der Waals surface area contributed by atoms with E-state index in [1.54, 1.807) is 0 Å². The molecule has 76 valence electrons. The lowest BCUT2D eigenvalue weighted by Crippen LogP contribution is -2.58. The van der Waals surface area contributed by atoms with E-state index < -0.39 is 17.7 Å². The molecule has 0 heterocycles. The first-order valence-corrected chi connectivity index (χ1v) is 4.11. The van der Waals surface area contributed by atoms with Gasteiger partial charge < -0.3 is 20.3 Å². The molecule has 0 aromatic rings. The first-order chi connectivity index (χ1) is 6.06. The molecule has 0 amide bonds. The van der Waals surface area contributed by atoms with Crippen LogP contribution in [0.3, 0.4) is 0 Å². The lowest BCUT2D eigenvalue weighted by Gasteiger charge is -2.45. The summed E-state index contributed by atoms with van der Waals surface area (Å²) in [6, 6.07) is -0.0519. The average Bonchev–Trinajstić information content (AvgIpc) is 2.02. The van der Waals surface area contributed by atoms with Crippen LogP contribution in [0.1, 0.15) is 12.8 Å². The fourth-order valence-electron chi connectivity index (χ4n) is 1.89. The second-order valence-corrected chi connectivity index (χ2v) is 3.43. The molecule has 0 aromatic heterocycles. The van der Waals surface area contributed by atoms with Crippen molar-refractivity contribution < 1.29 is 19.4 Å². The van der Waals surface area contributed by atoms with Gasteiger partial charge in [-0.1, -0.05) is 0 Å². The molecule has 1 fully saturated rings. The average molecular weight is 189 g/mol. The van der Waals surface area contributed by atoms with Crippen LogP contribution in [-0.4, -0.2) is 37.6 Å². The van der Waals surface area contributed by atoms with Crippen LogP contribution in [0.5, 0.6) is 0 Å². The van der Waals surface area contributed by atoms with E-state index in [-0.39, 0.29) is 6.04 Å². The Morgan fingerprint density at radius 3 is 2.23 bits per heavy atom. The summed E-state index contributed by atoms with van der Waals surface area (Å²) in [5.74, 6) is -0.900. The number of hydrogen-bond donors (Lipinski definition) is 2. The predicted molar refractivity (Wildman–Crippen MR) is 45.1 cm³/mol. The number of carbonyl (C=O) groups is 1. The van der Waals surface area contributed by atoms with Gasteiger partial charge in [-0.3, -0.25) is 4.79 Å². The molecule has 5 nitrogen and oxygen atoms in total. The molecular formula is C8H15NO4. The maximum atomic E-state index is 11.0. The van der Waals surface area contributed by atoms with E-state index in [1.165, 1.54) is 14.2 Å². The molecule has 0 saturated heterocycles. The number of carboxylic acids is 1. The predicted octanol–water partition coefficient (Wildman–Crippen LogP) is -0.203. The summed E-state index contributed by atoms with van der Waals surface area (Å²) < 4.78 is 9.92. The fraction of sp³-hybridized carbons (Fsp3) is 0.875. The second kappa shape index (κ2) is 3.61. The molecule has 0 atom stereocenters. The Bertz CT molecular complexity index is 196. The van der Waals surface area contributed by atoms with Crippen LogP contribution < -0.4 is 5.73 Å². The van der Waals surface area contributed by atoms with E-state index in [2.05, 4.69) is 0 Å². The Balaban J connectivity index is 2.74. The molecule has 5 heteroatoms. The summed E-state index contributed by atoms with van der Waals surface area (Å²) in [6.45, 7) is 0.